The van der Waals surface area contributed by atoms with E-state index in [1.165, 1.54) is 0 Å². The van der Waals surface area contributed by atoms with Crippen LogP contribution in [0.1, 0.15) is 0 Å². The van der Waals surface area contributed by atoms with Crippen LogP contribution in [-0.2, 0) is 4.79 Å². The molecule has 0 aliphatic carbocycles. The van der Waals surface area contributed by atoms with Crippen LogP contribution >= 0.6 is 11.8 Å². The molecule has 0 saturated carbocycles. The number of hydrogen-bond acceptors (Lipinski definition) is 2. The zero-order chi connectivity index (χ0) is 6.41. The van der Waals surface area contributed by atoms with Crippen LogP contribution in [0, 0.1) is 11.8 Å². The minimum absolute atomic E-state index is 0.556. The van der Waals surface area contributed by atoms with E-state index in [0.717, 1.165) is 0 Å². The van der Waals surface area contributed by atoms with Crippen molar-refractivity contribution in [2.45, 2.75) is 0 Å². The lowest BCUT2D eigenvalue weighted by Crippen LogP contribution is -2.06. The predicted octanol–water partition coefficient (Wildman–Crippen LogP) is -0.162. The van der Waals surface area contributed by atoms with E-state index in [9.17, 15) is 4.79 Å². The second-order valence-corrected chi connectivity index (χ2v) is 1.97. The molecule has 3 heteroatoms. The van der Waals surface area contributed by atoms with Crippen LogP contribution in [0.15, 0.2) is 0 Å². The van der Waals surface area contributed by atoms with Gasteiger partial charge in [0.15, 0.2) is 0 Å². The first-order valence-corrected chi connectivity index (χ1v) is 3.44. The molecule has 0 aliphatic rings. The Labute approximate surface area is 52.8 Å². The smallest absolute Gasteiger partial charge is 0.293 e. The summed E-state index contributed by atoms with van der Waals surface area (Å²) in [5.74, 6) is 4.90. The molecule has 2 N–H and O–H groups in total. The number of carbonyl (C=O) groups excluding carboxylic acids is 1. The quantitative estimate of drug-likeness (QED) is 0.500. The van der Waals surface area contributed by atoms with Gasteiger partial charge in [-0.1, -0.05) is 5.92 Å². The van der Waals surface area contributed by atoms with Gasteiger partial charge in [-0.2, -0.15) is 11.8 Å². The molecule has 1 amide bonds. The molecule has 0 aliphatic heterocycles. The highest BCUT2D eigenvalue weighted by Crippen LogP contribution is 1.85. The van der Waals surface area contributed by atoms with E-state index in [1.54, 1.807) is 11.8 Å². The van der Waals surface area contributed by atoms with Gasteiger partial charge >= 0.3 is 0 Å². The van der Waals surface area contributed by atoms with Crippen LogP contribution in [-0.4, -0.2) is 17.9 Å². The lowest BCUT2D eigenvalue weighted by Gasteiger charge is -1.75. The van der Waals surface area contributed by atoms with Gasteiger partial charge in [0.25, 0.3) is 5.91 Å². The highest BCUT2D eigenvalue weighted by molar-refractivity contribution is 7.98. The Morgan fingerprint density at radius 1 is 1.88 bits per heavy atom. The average molecular weight is 129 g/mol. The van der Waals surface area contributed by atoms with Crippen molar-refractivity contribution in [3.8, 4) is 11.8 Å². The number of hydrogen-bond donors (Lipinski definition) is 1. The molecule has 2 nitrogen and oxygen atoms in total. The minimum Gasteiger partial charge on any atom is -0.359 e. The Hall–Kier alpha value is -0.620. The summed E-state index contributed by atoms with van der Waals surface area (Å²) in [6.45, 7) is 0. The van der Waals surface area contributed by atoms with Crippen LogP contribution < -0.4 is 5.73 Å². The number of primary amides is 1. The Morgan fingerprint density at radius 3 is 2.88 bits per heavy atom. The van der Waals surface area contributed by atoms with Crippen molar-refractivity contribution >= 4 is 17.7 Å². The monoisotopic (exact) mass is 129 g/mol. The SMILES string of the molecule is CSCC#CC(N)=O. The normalized spacial score (nSPS) is 7.12. The molecule has 0 spiro atoms. The van der Waals surface area contributed by atoms with Crippen molar-refractivity contribution in [2.75, 3.05) is 12.0 Å². The lowest BCUT2D eigenvalue weighted by molar-refractivity contribution is -0.112. The van der Waals surface area contributed by atoms with Gasteiger partial charge in [0.05, 0.1) is 5.75 Å². The summed E-state index contributed by atoms with van der Waals surface area (Å²) < 4.78 is 0. The Morgan fingerprint density at radius 2 is 2.50 bits per heavy atom. The Bertz CT molecular complexity index is 133. The third-order valence-corrected chi connectivity index (χ3v) is 0.861. The molecule has 0 aromatic heterocycles. The molecule has 0 bridgehead atoms. The summed E-state index contributed by atoms with van der Waals surface area (Å²) in [6.07, 6.45) is 1.91. The van der Waals surface area contributed by atoms with Gasteiger partial charge in [0.1, 0.15) is 0 Å². The Balaban J connectivity index is 3.35. The molecule has 8 heavy (non-hydrogen) atoms. The molecule has 0 unspecified atom stereocenters. The maximum atomic E-state index is 9.91. The molecule has 0 heterocycles. The van der Waals surface area contributed by atoms with Gasteiger partial charge < -0.3 is 5.73 Å². The number of amides is 1. The number of rotatable bonds is 1. The van der Waals surface area contributed by atoms with Crippen LogP contribution in [0.5, 0.6) is 0 Å². The largest absolute Gasteiger partial charge is 0.359 e. The molecule has 0 aromatic carbocycles. The van der Waals surface area contributed by atoms with Crippen LogP contribution in [0.25, 0.3) is 0 Å². The van der Waals surface area contributed by atoms with E-state index in [0.29, 0.717) is 5.75 Å². The van der Waals surface area contributed by atoms with E-state index in [4.69, 9.17) is 5.73 Å². The predicted molar refractivity (Wildman–Crippen MR) is 35.4 cm³/mol. The fourth-order valence-corrected chi connectivity index (χ4v) is 0.412. The third-order valence-electron chi connectivity index (χ3n) is 0.428. The fourth-order valence-electron chi connectivity index (χ4n) is 0.195. The van der Waals surface area contributed by atoms with Crippen molar-refractivity contribution in [3.63, 3.8) is 0 Å². The number of nitrogens with two attached hydrogens (primary N) is 1. The fraction of sp³-hybridized carbons (Fsp3) is 0.400. The summed E-state index contributed by atoms with van der Waals surface area (Å²) >= 11 is 1.56. The van der Waals surface area contributed by atoms with Crippen molar-refractivity contribution in [1.82, 2.24) is 0 Å². The first-order chi connectivity index (χ1) is 3.77. The first-order valence-electron chi connectivity index (χ1n) is 2.04. The summed E-state index contributed by atoms with van der Waals surface area (Å²) in [7, 11) is 0. The van der Waals surface area contributed by atoms with Crippen LogP contribution in [0.3, 0.4) is 0 Å². The molecule has 0 saturated heterocycles. The highest BCUT2D eigenvalue weighted by Gasteiger charge is 1.76. The van der Waals surface area contributed by atoms with E-state index >= 15 is 0 Å². The average Bonchev–Trinajstić information content (AvgIpc) is 1.66. The molecule has 0 radical (unpaired) electrons. The first kappa shape index (κ1) is 7.38. The molecule has 0 aromatic rings. The van der Waals surface area contributed by atoms with Gasteiger partial charge in [-0.05, 0) is 12.2 Å². The van der Waals surface area contributed by atoms with Crippen molar-refractivity contribution < 1.29 is 4.79 Å². The van der Waals surface area contributed by atoms with Gasteiger partial charge in [-0.3, -0.25) is 4.79 Å². The Kier molecular flexibility index (Phi) is 4.19. The topological polar surface area (TPSA) is 43.1 Å². The second kappa shape index (κ2) is 4.54. The van der Waals surface area contributed by atoms with E-state index < -0.39 is 5.91 Å². The lowest BCUT2D eigenvalue weighted by atomic mass is 10.6. The van der Waals surface area contributed by atoms with E-state index in [1.807, 2.05) is 6.26 Å². The summed E-state index contributed by atoms with van der Waals surface area (Å²) in [4.78, 5) is 9.91. The molecule has 44 valence electrons. The number of thioether (sulfide) groups is 1. The zero-order valence-corrected chi connectivity index (χ0v) is 5.42. The summed E-state index contributed by atoms with van der Waals surface area (Å²) in [5.41, 5.74) is 4.71. The van der Waals surface area contributed by atoms with Crippen molar-refractivity contribution in [3.05, 3.63) is 0 Å². The zero-order valence-electron chi connectivity index (χ0n) is 4.60. The van der Waals surface area contributed by atoms with Crippen molar-refractivity contribution in [2.24, 2.45) is 5.73 Å². The van der Waals surface area contributed by atoms with Crippen LogP contribution in [0.4, 0.5) is 0 Å². The van der Waals surface area contributed by atoms with Crippen LogP contribution in [0.2, 0.25) is 0 Å². The maximum absolute atomic E-state index is 9.91. The standard InChI is InChI=1S/C5H7NOS/c1-8-4-2-3-5(6)7/h4H2,1H3,(H2,6,7). The van der Waals surface area contributed by atoms with E-state index in [2.05, 4.69) is 11.8 Å². The van der Waals surface area contributed by atoms with Gasteiger partial charge in [0.2, 0.25) is 0 Å². The van der Waals surface area contributed by atoms with Gasteiger partial charge in [-0.15, -0.1) is 0 Å². The van der Waals surface area contributed by atoms with Gasteiger partial charge in [0, 0.05) is 0 Å². The maximum Gasteiger partial charge on any atom is 0.293 e. The number of carbonyl (C=O) groups is 1. The molecule has 0 rings (SSSR count). The molecule has 0 atom stereocenters. The van der Waals surface area contributed by atoms with Crippen molar-refractivity contribution in [1.29, 1.82) is 0 Å². The van der Waals surface area contributed by atoms with Gasteiger partial charge in [-0.25, -0.2) is 0 Å². The minimum atomic E-state index is -0.556. The third kappa shape index (κ3) is 5.38. The summed E-state index contributed by atoms with van der Waals surface area (Å²) in [5, 5.41) is 0. The molecule has 0 fully saturated rings. The summed E-state index contributed by atoms with van der Waals surface area (Å²) in [6, 6.07) is 0. The second-order valence-electron chi connectivity index (χ2n) is 1.10. The molecular formula is C5H7NOS. The molecular weight excluding hydrogens is 122 g/mol. The highest BCUT2D eigenvalue weighted by atomic mass is 32.2. The van der Waals surface area contributed by atoms with E-state index in [-0.39, 0.29) is 0 Å².